The highest BCUT2D eigenvalue weighted by Gasteiger charge is 2.18. The molecule has 4 aromatic rings. The third-order valence-electron chi connectivity index (χ3n) is 5.17. The predicted molar refractivity (Wildman–Crippen MR) is 128 cm³/mol. The summed E-state index contributed by atoms with van der Waals surface area (Å²) in [6.07, 6.45) is 1.76. The van der Waals surface area contributed by atoms with E-state index in [-0.39, 0.29) is 0 Å². The molecule has 0 radical (unpaired) electrons. The van der Waals surface area contributed by atoms with Crippen LogP contribution in [0, 0.1) is 6.92 Å². The van der Waals surface area contributed by atoms with Gasteiger partial charge in [0.25, 0.3) is 0 Å². The minimum atomic E-state index is 0.307. The molecule has 10 heteroatoms. The van der Waals surface area contributed by atoms with Crippen LogP contribution < -0.4 is 15.0 Å². The Bertz CT molecular complexity index is 1220. The fourth-order valence-electron chi connectivity index (χ4n) is 3.57. The summed E-state index contributed by atoms with van der Waals surface area (Å²) in [6, 6.07) is 10.3. The molecule has 0 saturated carbocycles. The van der Waals surface area contributed by atoms with E-state index in [2.05, 4.69) is 59.1 Å². The van der Waals surface area contributed by atoms with Crippen molar-refractivity contribution in [3.63, 3.8) is 0 Å². The number of ether oxygens (including phenoxy) is 1. The molecule has 31 heavy (non-hydrogen) atoms. The molecule has 1 fully saturated rings. The minimum Gasteiger partial charge on any atom is -0.424 e. The Morgan fingerprint density at radius 3 is 2.74 bits per heavy atom. The smallest absolute Gasteiger partial charge is 0.325 e. The van der Waals surface area contributed by atoms with Crippen LogP contribution in [0.5, 0.6) is 11.8 Å². The molecule has 0 aliphatic carbocycles. The number of fused-ring (bicyclic) bond motifs is 1. The van der Waals surface area contributed by atoms with Crippen molar-refractivity contribution in [1.29, 1.82) is 0 Å². The average Bonchev–Trinajstić information content (AvgIpc) is 3.32. The molecule has 1 aromatic carbocycles. The highest BCUT2D eigenvalue weighted by molar-refractivity contribution is 9.11. The van der Waals surface area contributed by atoms with Gasteiger partial charge in [-0.15, -0.1) is 0 Å². The van der Waals surface area contributed by atoms with Gasteiger partial charge in [0, 0.05) is 48.8 Å². The Labute approximate surface area is 192 Å². The predicted octanol–water partition coefficient (Wildman–Crippen LogP) is 4.77. The zero-order valence-electron chi connectivity index (χ0n) is 17.2. The molecule has 2 N–H and O–H groups in total. The van der Waals surface area contributed by atoms with E-state index < -0.39 is 0 Å². The largest absolute Gasteiger partial charge is 0.424 e. The number of benzene rings is 1. The van der Waals surface area contributed by atoms with E-state index >= 15 is 0 Å². The Morgan fingerprint density at radius 2 is 1.97 bits per heavy atom. The molecule has 5 rings (SSSR count). The lowest BCUT2D eigenvalue weighted by atomic mass is 10.2. The van der Waals surface area contributed by atoms with Gasteiger partial charge >= 0.3 is 6.01 Å². The second-order valence-corrected chi connectivity index (χ2v) is 9.99. The van der Waals surface area contributed by atoms with Crippen molar-refractivity contribution in [3.8, 4) is 11.8 Å². The second kappa shape index (κ2) is 8.45. The van der Waals surface area contributed by atoms with Gasteiger partial charge in [-0.1, -0.05) is 11.3 Å². The molecular weight excluding hydrogens is 478 g/mol. The fraction of sp³-hybridized carbons (Fsp3) is 0.286. The maximum atomic E-state index is 6.09. The van der Waals surface area contributed by atoms with Gasteiger partial charge in [0.1, 0.15) is 17.4 Å². The number of rotatable bonds is 5. The first-order valence-electron chi connectivity index (χ1n) is 10.00. The molecule has 0 bridgehead atoms. The summed E-state index contributed by atoms with van der Waals surface area (Å²) in [7, 11) is 2.14. The number of hydrogen-bond acceptors (Lipinski definition) is 8. The number of aryl methyl sites for hydroxylation is 1. The Kier molecular flexibility index (Phi) is 5.51. The number of anilines is 3. The average molecular weight is 500 g/mol. The topological polar surface area (TPSA) is 82.2 Å². The quantitative estimate of drug-likeness (QED) is 0.409. The van der Waals surface area contributed by atoms with Gasteiger partial charge in [-0.3, -0.25) is 0 Å². The van der Waals surface area contributed by atoms with Crippen LogP contribution in [0.25, 0.3) is 10.9 Å². The molecule has 1 saturated heterocycles. The number of aromatic nitrogens is 4. The third-order valence-corrected chi connectivity index (χ3v) is 6.56. The summed E-state index contributed by atoms with van der Waals surface area (Å²) in [5.74, 6) is 2.19. The standard InChI is InChI=1S/C21H22BrN7OS/c1-13-9-14-10-15(3-4-16(14)24-13)30-20-25-18(26-21-23-12-17(22)31-21)11-19(27-20)29-7-5-28(2)6-8-29/h3-4,9-12,24H,5-8H2,1-2H3,(H,23,25,26,27). The first-order valence-corrected chi connectivity index (χ1v) is 11.6. The number of nitrogens with one attached hydrogen (secondary N) is 2. The maximum absolute atomic E-state index is 6.09. The number of H-pyrrole nitrogens is 1. The van der Waals surface area contributed by atoms with E-state index in [0.717, 1.165) is 57.5 Å². The van der Waals surface area contributed by atoms with E-state index in [1.165, 1.54) is 11.3 Å². The number of hydrogen-bond donors (Lipinski definition) is 2. The van der Waals surface area contributed by atoms with Crippen molar-refractivity contribution >= 4 is 54.9 Å². The van der Waals surface area contributed by atoms with Crippen molar-refractivity contribution in [2.24, 2.45) is 0 Å². The number of thiazole rings is 1. The summed E-state index contributed by atoms with van der Waals surface area (Å²) in [5.41, 5.74) is 2.19. The van der Waals surface area contributed by atoms with E-state index in [4.69, 9.17) is 9.72 Å². The first kappa shape index (κ1) is 20.2. The van der Waals surface area contributed by atoms with Crippen LogP contribution in [0.4, 0.5) is 16.8 Å². The van der Waals surface area contributed by atoms with E-state index in [9.17, 15) is 0 Å². The summed E-state index contributed by atoms with van der Waals surface area (Å²) in [6.45, 7) is 5.84. The molecule has 0 unspecified atom stereocenters. The molecule has 0 spiro atoms. The van der Waals surface area contributed by atoms with Gasteiger partial charge in [0.15, 0.2) is 5.13 Å². The Hall–Kier alpha value is -2.69. The number of halogens is 1. The van der Waals surface area contributed by atoms with Crippen LogP contribution in [0.3, 0.4) is 0 Å². The zero-order chi connectivity index (χ0) is 21.4. The molecule has 3 aromatic heterocycles. The summed E-state index contributed by atoms with van der Waals surface area (Å²) in [5, 5.41) is 5.12. The molecule has 1 aliphatic heterocycles. The van der Waals surface area contributed by atoms with Crippen LogP contribution in [-0.4, -0.2) is 58.1 Å². The van der Waals surface area contributed by atoms with Gasteiger partial charge in [-0.2, -0.15) is 9.97 Å². The number of nitrogens with zero attached hydrogens (tertiary/aromatic N) is 5. The van der Waals surface area contributed by atoms with Gasteiger partial charge < -0.3 is 24.8 Å². The zero-order valence-corrected chi connectivity index (χ0v) is 19.6. The van der Waals surface area contributed by atoms with Gasteiger partial charge in [0.2, 0.25) is 0 Å². The third kappa shape index (κ3) is 4.65. The van der Waals surface area contributed by atoms with E-state index in [1.54, 1.807) is 6.20 Å². The lowest BCUT2D eigenvalue weighted by Crippen LogP contribution is -2.44. The van der Waals surface area contributed by atoms with Crippen LogP contribution in [-0.2, 0) is 0 Å². The number of likely N-dealkylation sites (N-methyl/N-ethyl adjacent to an activating group) is 1. The van der Waals surface area contributed by atoms with Crippen molar-refractivity contribution < 1.29 is 4.74 Å². The molecule has 4 heterocycles. The van der Waals surface area contributed by atoms with Crippen LogP contribution in [0.2, 0.25) is 0 Å². The van der Waals surface area contributed by atoms with Crippen LogP contribution in [0.1, 0.15) is 5.69 Å². The van der Waals surface area contributed by atoms with Crippen LogP contribution >= 0.6 is 27.3 Å². The van der Waals surface area contributed by atoms with Crippen molar-refractivity contribution in [2.75, 3.05) is 43.4 Å². The molecule has 8 nitrogen and oxygen atoms in total. The molecule has 1 aliphatic rings. The molecular formula is C21H22BrN7OS. The SMILES string of the molecule is Cc1cc2cc(Oc3nc(Nc4ncc(Br)s4)cc(N4CCN(C)CC4)n3)ccc2[nH]1. The van der Waals surface area contributed by atoms with Crippen molar-refractivity contribution in [1.82, 2.24) is 24.8 Å². The van der Waals surface area contributed by atoms with Crippen LogP contribution in [0.15, 0.2) is 40.3 Å². The lowest BCUT2D eigenvalue weighted by Gasteiger charge is -2.33. The van der Waals surface area contributed by atoms with Crippen molar-refractivity contribution in [3.05, 3.63) is 46.0 Å². The Balaban J connectivity index is 1.46. The summed E-state index contributed by atoms with van der Waals surface area (Å²) in [4.78, 5) is 21.6. The highest BCUT2D eigenvalue weighted by atomic mass is 79.9. The van der Waals surface area contributed by atoms with Gasteiger partial charge in [-0.25, -0.2) is 4.98 Å². The normalized spacial score (nSPS) is 14.9. The Morgan fingerprint density at radius 1 is 1.13 bits per heavy atom. The summed E-state index contributed by atoms with van der Waals surface area (Å²) < 4.78 is 7.05. The second-order valence-electron chi connectivity index (χ2n) is 7.58. The van der Waals surface area contributed by atoms with Gasteiger partial charge in [0.05, 0.1) is 9.98 Å². The first-order chi connectivity index (χ1) is 15.0. The lowest BCUT2D eigenvalue weighted by molar-refractivity contribution is 0.311. The maximum Gasteiger partial charge on any atom is 0.325 e. The molecule has 0 amide bonds. The minimum absolute atomic E-state index is 0.307. The van der Waals surface area contributed by atoms with E-state index in [0.29, 0.717) is 17.6 Å². The number of piperazine rings is 1. The molecule has 0 atom stereocenters. The monoisotopic (exact) mass is 499 g/mol. The van der Waals surface area contributed by atoms with Crippen molar-refractivity contribution in [2.45, 2.75) is 6.92 Å². The number of aromatic amines is 1. The fourth-order valence-corrected chi connectivity index (χ4v) is 4.68. The highest BCUT2D eigenvalue weighted by Crippen LogP contribution is 2.30. The van der Waals surface area contributed by atoms with Gasteiger partial charge in [-0.05, 0) is 54.2 Å². The summed E-state index contributed by atoms with van der Waals surface area (Å²) >= 11 is 4.96. The molecule has 160 valence electrons. The van der Waals surface area contributed by atoms with E-state index in [1.807, 2.05) is 31.2 Å².